The van der Waals surface area contributed by atoms with Crippen LogP contribution in [-0.2, 0) is 4.74 Å². The Bertz CT molecular complexity index is 498. The number of aliphatic hydroxyl groups excluding tert-OH is 1. The summed E-state index contributed by atoms with van der Waals surface area (Å²) in [6.07, 6.45) is 2.88. The highest BCUT2D eigenvalue weighted by atomic mass is 16.5. The smallest absolute Gasteiger partial charge is 0.315 e. The van der Waals surface area contributed by atoms with Crippen LogP contribution in [0.3, 0.4) is 0 Å². The summed E-state index contributed by atoms with van der Waals surface area (Å²) in [5.41, 5.74) is 0.967. The van der Waals surface area contributed by atoms with Crippen molar-refractivity contribution in [1.82, 2.24) is 10.6 Å². The first kappa shape index (κ1) is 18.5. The van der Waals surface area contributed by atoms with E-state index in [9.17, 15) is 9.90 Å². The van der Waals surface area contributed by atoms with Crippen LogP contribution in [0.5, 0.6) is 5.75 Å². The van der Waals surface area contributed by atoms with Crippen molar-refractivity contribution in [1.29, 1.82) is 0 Å². The molecule has 2 amide bonds. The Morgan fingerprint density at radius 1 is 1.25 bits per heavy atom. The Hall–Kier alpha value is -1.79. The number of amides is 2. The van der Waals surface area contributed by atoms with Crippen LogP contribution in [0, 0.1) is 0 Å². The van der Waals surface area contributed by atoms with Crippen LogP contribution in [0.1, 0.15) is 44.2 Å². The number of aliphatic hydroxyl groups is 1. The maximum Gasteiger partial charge on any atom is 0.315 e. The summed E-state index contributed by atoms with van der Waals surface area (Å²) >= 11 is 0. The molecule has 6 heteroatoms. The lowest BCUT2D eigenvalue weighted by Gasteiger charge is -2.27. The predicted molar refractivity (Wildman–Crippen MR) is 92.2 cm³/mol. The Morgan fingerprint density at radius 3 is 2.50 bits per heavy atom. The van der Waals surface area contributed by atoms with Gasteiger partial charge in [-0.2, -0.15) is 0 Å². The van der Waals surface area contributed by atoms with Crippen molar-refractivity contribution in [2.75, 3.05) is 20.3 Å². The lowest BCUT2D eigenvalue weighted by Crippen LogP contribution is -2.46. The van der Waals surface area contributed by atoms with Gasteiger partial charge in [0, 0.05) is 13.2 Å². The van der Waals surface area contributed by atoms with E-state index in [1.807, 2.05) is 31.2 Å². The zero-order valence-electron chi connectivity index (χ0n) is 14.5. The van der Waals surface area contributed by atoms with Crippen LogP contribution >= 0.6 is 0 Å². The molecule has 0 unspecified atom stereocenters. The number of hydrogen-bond acceptors (Lipinski definition) is 4. The van der Waals surface area contributed by atoms with Crippen molar-refractivity contribution >= 4 is 6.03 Å². The second-order valence-electron chi connectivity index (χ2n) is 6.13. The predicted octanol–water partition coefficient (Wildman–Crippen LogP) is 2.38. The van der Waals surface area contributed by atoms with Gasteiger partial charge in [0.1, 0.15) is 5.75 Å². The van der Waals surface area contributed by atoms with E-state index in [0.717, 1.165) is 37.0 Å². The molecule has 0 saturated heterocycles. The fourth-order valence-corrected chi connectivity index (χ4v) is 2.96. The molecule has 0 heterocycles. The number of methoxy groups -OCH3 is 1. The van der Waals surface area contributed by atoms with Gasteiger partial charge in [-0.25, -0.2) is 4.79 Å². The summed E-state index contributed by atoms with van der Waals surface area (Å²) in [6, 6.07) is 7.36. The van der Waals surface area contributed by atoms with Crippen LogP contribution in [0.4, 0.5) is 4.79 Å². The first-order chi connectivity index (χ1) is 11.6. The second kappa shape index (κ2) is 9.49. The SMILES string of the molecule is CCOc1ccc([C@H](COC)NC(=O)NC2CCC(O)CC2)cc1. The minimum absolute atomic E-state index is 0.122. The zero-order chi connectivity index (χ0) is 17.4. The number of nitrogens with one attached hydrogen (secondary N) is 2. The largest absolute Gasteiger partial charge is 0.494 e. The zero-order valence-corrected chi connectivity index (χ0v) is 14.5. The lowest BCUT2D eigenvalue weighted by atomic mass is 9.93. The Morgan fingerprint density at radius 2 is 1.92 bits per heavy atom. The number of carbonyl (C=O) groups is 1. The fourth-order valence-electron chi connectivity index (χ4n) is 2.96. The highest BCUT2D eigenvalue weighted by molar-refractivity contribution is 5.74. The molecular formula is C18H28N2O4. The van der Waals surface area contributed by atoms with Gasteiger partial charge in [0.25, 0.3) is 0 Å². The van der Waals surface area contributed by atoms with Gasteiger partial charge in [0.15, 0.2) is 0 Å². The standard InChI is InChI=1S/C18H28N2O4/c1-3-24-16-10-4-13(5-11-16)17(12-23-2)20-18(22)19-14-6-8-15(21)9-7-14/h4-5,10-11,14-15,17,21H,3,6-9,12H2,1-2H3,(H2,19,20,22)/t14?,15?,17-/m0/s1. The Balaban J connectivity index is 1.90. The van der Waals surface area contributed by atoms with Crippen molar-refractivity contribution in [3.8, 4) is 5.75 Å². The third-order valence-electron chi connectivity index (χ3n) is 4.26. The summed E-state index contributed by atoms with van der Waals surface area (Å²) in [7, 11) is 1.61. The van der Waals surface area contributed by atoms with Gasteiger partial charge >= 0.3 is 6.03 Å². The van der Waals surface area contributed by atoms with Crippen LogP contribution in [0.2, 0.25) is 0 Å². The van der Waals surface area contributed by atoms with Crippen LogP contribution in [0.25, 0.3) is 0 Å². The van der Waals surface area contributed by atoms with Crippen LogP contribution in [0.15, 0.2) is 24.3 Å². The molecule has 1 fully saturated rings. The summed E-state index contributed by atoms with van der Waals surface area (Å²) < 4.78 is 10.7. The van der Waals surface area contributed by atoms with Crippen molar-refractivity contribution in [3.05, 3.63) is 29.8 Å². The molecule has 1 aliphatic carbocycles. The molecule has 6 nitrogen and oxygen atoms in total. The topological polar surface area (TPSA) is 79.8 Å². The molecule has 1 atom stereocenters. The first-order valence-corrected chi connectivity index (χ1v) is 8.59. The van der Waals surface area contributed by atoms with Crippen molar-refractivity contribution in [2.45, 2.75) is 50.8 Å². The van der Waals surface area contributed by atoms with Gasteiger partial charge in [-0.15, -0.1) is 0 Å². The Kier molecular flexibility index (Phi) is 7.34. The second-order valence-corrected chi connectivity index (χ2v) is 6.13. The number of rotatable bonds is 7. The molecule has 1 saturated carbocycles. The summed E-state index contributed by atoms with van der Waals surface area (Å²) in [5.74, 6) is 0.808. The van der Waals surface area contributed by atoms with E-state index in [4.69, 9.17) is 9.47 Å². The molecule has 0 radical (unpaired) electrons. The molecule has 0 aliphatic heterocycles. The van der Waals surface area contributed by atoms with E-state index in [1.165, 1.54) is 0 Å². The van der Waals surface area contributed by atoms with Crippen molar-refractivity contribution in [3.63, 3.8) is 0 Å². The highest BCUT2D eigenvalue weighted by Crippen LogP contribution is 2.20. The first-order valence-electron chi connectivity index (χ1n) is 8.59. The summed E-state index contributed by atoms with van der Waals surface area (Å²) in [6.45, 7) is 2.96. The minimum Gasteiger partial charge on any atom is -0.494 e. The van der Waals surface area contributed by atoms with Crippen LogP contribution < -0.4 is 15.4 Å². The van der Waals surface area contributed by atoms with E-state index in [1.54, 1.807) is 7.11 Å². The van der Waals surface area contributed by atoms with E-state index >= 15 is 0 Å². The normalized spacial score (nSPS) is 21.8. The monoisotopic (exact) mass is 336 g/mol. The molecule has 1 aliphatic rings. The quantitative estimate of drug-likeness (QED) is 0.714. The third kappa shape index (κ3) is 5.69. The maximum atomic E-state index is 12.3. The lowest BCUT2D eigenvalue weighted by molar-refractivity contribution is 0.117. The number of urea groups is 1. The molecule has 0 aromatic heterocycles. The third-order valence-corrected chi connectivity index (χ3v) is 4.26. The average molecular weight is 336 g/mol. The molecule has 0 spiro atoms. The highest BCUT2D eigenvalue weighted by Gasteiger charge is 2.22. The van der Waals surface area contributed by atoms with Gasteiger partial charge < -0.3 is 25.2 Å². The molecule has 0 bridgehead atoms. The molecule has 2 rings (SSSR count). The number of carbonyl (C=O) groups excluding carboxylic acids is 1. The van der Waals surface area contributed by atoms with Gasteiger partial charge in [-0.3, -0.25) is 0 Å². The van der Waals surface area contributed by atoms with Crippen molar-refractivity contribution < 1.29 is 19.4 Å². The average Bonchev–Trinajstić information content (AvgIpc) is 2.58. The van der Waals surface area contributed by atoms with Gasteiger partial charge in [0.05, 0.1) is 25.4 Å². The molecular weight excluding hydrogens is 308 g/mol. The maximum absolute atomic E-state index is 12.3. The number of benzene rings is 1. The fraction of sp³-hybridized carbons (Fsp3) is 0.611. The van der Waals surface area contributed by atoms with Crippen LogP contribution in [-0.4, -0.2) is 43.6 Å². The number of hydrogen-bond donors (Lipinski definition) is 3. The van der Waals surface area contributed by atoms with Crippen molar-refractivity contribution in [2.24, 2.45) is 0 Å². The minimum atomic E-state index is -0.226. The molecule has 1 aromatic carbocycles. The van der Waals surface area contributed by atoms with E-state index < -0.39 is 0 Å². The van der Waals surface area contributed by atoms with Gasteiger partial charge in [-0.1, -0.05) is 12.1 Å². The molecule has 24 heavy (non-hydrogen) atoms. The molecule has 134 valence electrons. The van der Waals surface area contributed by atoms with Gasteiger partial charge in [0.2, 0.25) is 0 Å². The van der Waals surface area contributed by atoms with E-state index in [2.05, 4.69) is 10.6 Å². The number of ether oxygens (including phenoxy) is 2. The molecule has 3 N–H and O–H groups in total. The molecule has 1 aromatic rings. The summed E-state index contributed by atoms with van der Waals surface area (Å²) in [5, 5.41) is 15.5. The van der Waals surface area contributed by atoms with E-state index in [-0.39, 0.29) is 24.2 Å². The van der Waals surface area contributed by atoms with E-state index in [0.29, 0.717) is 13.2 Å². The Labute approximate surface area is 143 Å². The van der Waals surface area contributed by atoms with Gasteiger partial charge in [-0.05, 0) is 50.3 Å². The summed E-state index contributed by atoms with van der Waals surface area (Å²) in [4.78, 5) is 12.3.